The summed E-state index contributed by atoms with van der Waals surface area (Å²) in [7, 11) is 0. The third kappa shape index (κ3) is 4.17. The van der Waals surface area contributed by atoms with Crippen LogP contribution < -0.4 is 0 Å². The van der Waals surface area contributed by atoms with Crippen molar-refractivity contribution in [1.29, 1.82) is 0 Å². The molecule has 0 bridgehead atoms. The van der Waals surface area contributed by atoms with Crippen LogP contribution >= 0.6 is 0 Å². The van der Waals surface area contributed by atoms with E-state index in [9.17, 15) is 0 Å². The van der Waals surface area contributed by atoms with Gasteiger partial charge >= 0.3 is 0 Å². The molecule has 0 aliphatic rings. The van der Waals surface area contributed by atoms with Gasteiger partial charge in [-0.05, 0) is 41.9 Å². The number of hydrogen-bond acceptors (Lipinski definition) is 0. The molecule has 0 radical (unpaired) electrons. The summed E-state index contributed by atoms with van der Waals surface area (Å²) in [5.74, 6) is 3.21. The van der Waals surface area contributed by atoms with E-state index >= 15 is 0 Å². The standard InChI is InChI=1S/C15H32/c1-11(2)9-15(13(5)6,14(7)8)10-12(3)4/h11-14H,9-10H2,1-8H3. The fourth-order valence-corrected chi connectivity index (χ4v) is 3.21. The van der Waals surface area contributed by atoms with Crippen LogP contribution in [-0.2, 0) is 0 Å². The molecule has 0 rings (SSSR count). The van der Waals surface area contributed by atoms with Gasteiger partial charge in [-0.1, -0.05) is 55.4 Å². The molecule has 0 N–H and O–H groups in total. The van der Waals surface area contributed by atoms with Gasteiger partial charge in [-0.15, -0.1) is 0 Å². The summed E-state index contributed by atoms with van der Waals surface area (Å²) < 4.78 is 0. The number of rotatable bonds is 6. The van der Waals surface area contributed by atoms with Crippen LogP contribution in [0.3, 0.4) is 0 Å². The molecule has 0 aromatic rings. The molecule has 92 valence electrons. The Labute approximate surface area is 97.8 Å². The topological polar surface area (TPSA) is 0 Å². The van der Waals surface area contributed by atoms with Crippen LogP contribution in [0.5, 0.6) is 0 Å². The lowest BCUT2D eigenvalue weighted by Crippen LogP contribution is -2.36. The van der Waals surface area contributed by atoms with Crippen molar-refractivity contribution in [3.05, 3.63) is 0 Å². The molecule has 0 fully saturated rings. The maximum Gasteiger partial charge on any atom is -0.0247 e. The lowest BCUT2D eigenvalue weighted by molar-refractivity contribution is 0.0532. The van der Waals surface area contributed by atoms with Gasteiger partial charge in [0, 0.05) is 0 Å². The molecular weight excluding hydrogens is 180 g/mol. The molecule has 0 atom stereocenters. The minimum absolute atomic E-state index is 0.544. The Morgan fingerprint density at radius 3 is 1.00 bits per heavy atom. The second-order valence-corrected chi connectivity index (χ2v) is 6.74. The Kier molecular flexibility index (Phi) is 5.92. The maximum absolute atomic E-state index is 2.41. The van der Waals surface area contributed by atoms with Crippen molar-refractivity contribution < 1.29 is 0 Å². The van der Waals surface area contributed by atoms with E-state index in [1.807, 2.05) is 0 Å². The molecule has 0 spiro atoms. The first kappa shape index (κ1) is 15.0. The molecule has 0 unspecified atom stereocenters. The zero-order valence-corrected chi connectivity index (χ0v) is 12.2. The quantitative estimate of drug-likeness (QED) is 0.554. The Bertz CT molecular complexity index is 143. The van der Waals surface area contributed by atoms with E-state index < -0.39 is 0 Å². The van der Waals surface area contributed by atoms with Crippen molar-refractivity contribution in [1.82, 2.24) is 0 Å². The predicted molar refractivity (Wildman–Crippen MR) is 71.0 cm³/mol. The zero-order valence-electron chi connectivity index (χ0n) is 12.2. The summed E-state index contributed by atoms with van der Waals surface area (Å²) in [6, 6.07) is 0. The van der Waals surface area contributed by atoms with Gasteiger partial charge in [0.1, 0.15) is 0 Å². The first-order valence-electron chi connectivity index (χ1n) is 6.72. The fraction of sp³-hybridized carbons (Fsp3) is 1.00. The van der Waals surface area contributed by atoms with Crippen LogP contribution in [-0.4, -0.2) is 0 Å². The van der Waals surface area contributed by atoms with Gasteiger partial charge in [-0.3, -0.25) is 0 Å². The molecule has 0 aliphatic carbocycles. The van der Waals surface area contributed by atoms with Crippen LogP contribution in [0.1, 0.15) is 68.2 Å². The monoisotopic (exact) mass is 212 g/mol. The summed E-state index contributed by atoms with van der Waals surface area (Å²) in [5, 5.41) is 0. The highest BCUT2D eigenvalue weighted by atomic mass is 14.4. The number of hydrogen-bond donors (Lipinski definition) is 0. The minimum Gasteiger partial charge on any atom is -0.0628 e. The molecule has 0 amide bonds. The van der Waals surface area contributed by atoms with E-state index in [0.29, 0.717) is 5.41 Å². The molecule has 0 saturated heterocycles. The third-order valence-corrected chi connectivity index (χ3v) is 3.88. The van der Waals surface area contributed by atoms with E-state index in [0.717, 1.165) is 23.7 Å². The SMILES string of the molecule is CC(C)CC(CC(C)C)(C(C)C)C(C)C. The first-order valence-corrected chi connectivity index (χ1v) is 6.72. The van der Waals surface area contributed by atoms with Gasteiger partial charge in [0.15, 0.2) is 0 Å². The lowest BCUT2D eigenvalue weighted by Gasteiger charge is -2.44. The van der Waals surface area contributed by atoms with E-state index in [-0.39, 0.29) is 0 Å². The van der Waals surface area contributed by atoms with E-state index in [2.05, 4.69) is 55.4 Å². The summed E-state index contributed by atoms with van der Waals surface area (Å²) >= 11 is 0. The normalized spacial score (nSPS) is 13.6. The van der Waals surface area contributed by atoms with Crippen LogP contribution in [0.15, 0.2) is 0 Å². The second kappa shape index (κ2) is 5.92. The summed E-state index contributed by atoms with van der Waals surface area (Å²) in [4.78, 5) is 0. The highest BCUT2D eigenvalue weighted by molar-refractivity contribution is 4.87. The van der Waals surface area contributed by atoms with Crippen molar-refractivity contribution in [2.75, 3.05) is 0 Å². The Hall–Kier alpha value is 0. The molecule has 0 nitrogen and oxygen atoms in total. The molecule has 0 heterocycles. The maximum atomic E-state index is 2.41. The average molecular weight is 212 g/mol. The average Bonchev–Trinajstić information content (AvgIpc) is 1.99. The van der Waals surface area contributed by atoms with E-state index in [1.54, 1.807) is 0 Å². The second-order valence-electron chi connectivity index (χ2n) is 6.74. The molecule has 0 aromatic heterocycles. The Morgan fingerprint density at radius 2 is 0.867 bits per heavy atom. The smallest absolute Gasteiger partial charge is 0.0247 e. The van der Waals surface area contributed by atoms with Crippen LogP contribution in [0.25, 0.3) is 0 Å². The summed E-state index contributed by atoms with van der Waals surface area (Å²) in [6.07, 6.45) is 2.75. The molecule has 0 aromatic carbocycles. The van der Waals surface area contributed by atoms with Gasteiger partial charge in [-0.25, -0.2) is 0 Å². The molecule has 0 saturated carbocycles. The highest BCUT2D eigenvalue weighted by Gasteiger charge is 2.37. The summed E-state index contributed by atoms with van der Waals surface area (Å²) in [5.41, 5.74) is 0.544. The van der Waals surface area contributed by atoms with Crippen molar-refractivity contribution in [2.24, 2.45) is 29.1 Å². The molecule has 0 aliphatic heterocycles. The van der Waals surface area contributed by atoms with Gasteiger partial charge < -0.3 is 0 Å². The Morgan fingerprint density at radius 1 is 0.600 bits per heavy atom. The summed E-state index contributed by atoms with van der Waals surface area (Å²) in [6.45, 7) is 19.1. The van der Waals surface area contributed by atoms with Crippen LogP contribution in [0.2, 0.25) is 0 Å². The zero-order chi connectivity index (χ0) is 12.2. The molecule has 15 heavy (non-hydrogen) atoms. The van der Waals surface area contributed by atoms with Crippen molar-refractivity contribution in [3.63, 3.8) is 0 Å². The highest BCUT2D eigenvalue weighted by Crippen LogP contribution is 2.46. The van der Waals surface area contributed by atoms with Crippen molar-refractivity contribution in [3.8, 4) is 0 Å². The van der Waals surface area contributed by atoms with Gasteiger partial charge in [0.25, 0.3) is 0 Å². The predicted octanol–water partition coefficient (Wildman–Crippen LogP) is 5.38. The fourth-order valence-electron chi connectivity index (χ4n) is 3.21. The lowest BCUT2D eigenvalue weighted by atomic mass is 9.61. The van der Waals surface area contributed by atoms with E-state index in [1.165, 1.54) is 12.8 Å². The van der Waals surface area contributed by atoms with Crippen molar-refractivity contribution in [2.45, 2.75) is 68.2 Å². The first-order chi connectivity index (χ1) is 6.72. The van der Waals surface area contributed by atoms with Crippen LogP contribution in [0, 0.1) is 29.1 Å². The largest absolute Gasteiger partial charge is 0.0628 e. The molecular formula is C15H32. The van der Waals surface area contributed by atoms with Crippen molar-refractivity contribution >= 4 is 0 Å². The van der Waals surface area contributed by atoms with E-state index in [4.69, 9.17) is 0 Å². The van der Waals surface area contributed by atoms with Gasteiger partial charge in [-0.2, -0.15) is 0 Å². The Balaban J connectivity index is 4.90. The third-order valence-electron chi connectivity index (χ3n) is 3.88. The minimum atomic E-state index is 0.544. The van der Waals surface area contributed by atoms with Crippen LogP contribution in [0.4, 0.5) is 0 Å². The molecule has 0 heteroatoms. The van der Waals surface area contributed by atoms with Gasteiger partial charge in [0.05, 0.1) is 0 Å². The van der Waals surface area contributed by atoms with Gasteiger partial charge in [0.2, 0.25) is 0 Å².